The van der Waals surface area contributed by atoms with E-state index in [1.807, 2.05) is 23.3 Å². The zero-order chi connectivity index (χ0) is 14.1. The molecule has 104 valence electrons. The lowest BCUT2D eigenvalue weighted by atomic mass is 10.1. The Labute approximate surface area is 120 Å². The van der Waals surface area contributed by atoms with E-state index in [9.17, 15) is 9.59 Å². The number of aryl methyl sites for hydroxylation is 1. The first-order valence-electron chi connectivity index (χ1n) is 6.56. The van der Waals surface area contributed by atoms with E-state index in [0.29, 0.717) is 0 Å². The number of aromatic nitrogens is 2. The summed E-state index contributed by atoms with van der Waals surface area (Å²) in [5.41, 5.74) is 1.50. The van der Waals surface area contributed by atoms with Crippen LogP contribution in [-0.4, -0.2) is 27.3 Å². The number of hydrogen-bond acceptors (Lipinski definition) is 4. The third-order valence-corrected chi connectivity index (χ3v) is 4.55. The molecule has 5 nitrogen and oxygen atoms in total. The van der Waals surface area contributed by atoms with Crippen LogP contribution >= 0.6 is 11.3 Å². The van der Waals surface area contributed by atoms with Crippen LogP contribution in [0.15, 0.2) is 28.5 Å². The molecule has 3 rings (SSSR count). The topological polar surface area (TPSA) is 66.1 Å². The Morgan fingerprint density at radius 3 is 3.10 bits per heavy atom. The Morgan fingerprint density at radius 2 is 2.40 bits per heavy atom. The lowest BCUT2D eigenvalue weighted by molar-refractivity contribution is 0.0737. The molecular weight excluding hydrogens is 274 g/mol. The van der Waals surface area contributed by atoms with Crippen molar-refractivity contribution in [3.8, 4) is 0 Å². The third kappa shape index (κ3) is 2.38. The highest BCUT2D eigenvalue weighted by Crippen LogP contribution is 2.32. The van der Waals surface area contributed by atoms with Crippen molar-refractivity contribution in [2.24, 2.45) is 0 Å². The lowest BCUT2D eigenvalue weighted by Gasteiger charge is -2.24. The molecule has 2 aromatic rings. The summed E-state index contributed by atoms with van der Waals surface area (Å²) in [5.74, 6) is 0.0447. The van der Waals surface area contributed by atoms with Gasteiger partial charge in [-0.15, -0.1) is 11.3 Å². The summed E-state index contributed by atoms with van der Waals surface area (Å²) in [4.78, 5) is 32.8. The van der Waals surface area contributed by atoms with Gasteiger partial charge in [-0.05, 0) is 42.8 Å². The maximum atomic E-state index is 12.6. The summed E-state index contributed by atoms with van der Waals surface area (Å²) in [6.07, 6.45) is 3.31. The molecule has 6 heteroatoms. The Morgan fingerprint density at radius 1 is 1.55 bits per heavy atom. The molecule has 1 N–H and O–H groups in total. The molecule has 1 unspecified atom stereocenters. The van der Waals surface area contributed by atoms with Crippen molar-refractivity contribution in [2.45, 2.75) is 25.8 Å². The highest BCUT2D eigenvalue weighted by atomic mass is 32.1. The average molecular weight is 289 g/mol. The molecule has 0 aromatic carbocycles. The minimum atomic E-state index is -0.367. The fourth-order valence-electron chi connectivity index (χ4n) is 2.60. The summed E-state index contributed by atoms with van der Waals surface area (Å²) < 4.78 is 0. The second-order valence-electron chi connectivity index (χ2n) is 4.98. The lowest BCUT2D eigenvalue weighted by Crippen LogP contribution is -2.31. The van der Waals surface area contributed by atoms with Gasteiger partial charge in [-0.2, -0.15) is 0 Å². The molecule has 1 atom stereocenters. The summed E-state index contributed by atoms with van der Waals surface area (Å²) in [5, 5.41) is 1.98. The molecule has 1 aliphatic heterocycles. The minimum Gasteiger partial charge on any atom is -0.329 e. The van der Waals surface area contributed by atoms with Crippen LogP contribution in [-0.2, 0) is 0 Å². The first-order valence-corrected chi connectivity index (χ1v) is 7.44. The summed E-state index contributed by atoms with van der Waals surface area (Å²) in [6, 6.07) is 3.63. The minimum absolute atomic E-state index is 0.0447. The van der Waals surface area contributed by atoms with Crippen LogP contribution in [0.25, 0.3) is 0 Å². The van der Waals surface area contributed by atoms with Crippen LogP contribution in [0.5, 0.6) is 0 Å². The fourth-order valence-corrected chi connectivity index (χ4v) is 3.45. The number of rotatable bonds is 2. The van der Waals surface area contributed by atoms with Crippen LogP contribution in [0, 0.1) is 6.92 Å². The van der Waals surface area contributed by atoms with E-state index >= 15 is 0 Å². The SMILES string of the molecule is Cc1csc(C(=O)N2CCCC2c2ccnc(=O)[nH]2)c1. The predicted molar refractivity (Wildman–Crippen MR) is 76.9 cm³/mol. The second kappa shape index (κ2) is 5.20. The number of thiophene rings is 1. The smallest absolute Gasteiger partial charge is 0.329 e. The monoisotopic (exact) mass is 289 g/mol. The average Bonchev–Trinajstić information content (AvgIpc) is 3.06. The van der Waals surface area contributed by atoms with Crippen molar-refractivity contribution in [3.05, 3.63) is 50.3 Å². The molecule has 0 radical (unpaired) electrons. The van der Waals surface area contributed by atoms with Crippen LogP contribution in [0.1, 0.15) is 39.8 Å². The number of hydrogen-bond donors (Lipinski definition) is 1. The predicted octanol–water partition coefficient (Wildman–Crippen LogP) is 2.12. The normalized spacial score (nSPS) is 18.4. The van der Waals surface area contributed by atoms with Gasteiger partial charge >= 0.3 is 5.69 Å². The molecule has 1 amide bonds. The fraction of sp³-hybridized carbons (Fsp3) is 0.357. The van der Waals surface area contributed by atoms with Crippen molar-refractivity contribution in [2.75, 3.05) is 6.54 Å². The van der Waals surface area contributed by atoms with Gasteiger partial charge in [-0.25, -0.2) is 9.78 Å². The van der Waals surface area contributed by atoms with E-state index < -0.39 is 0 Å². The molecule has 1 aliphatic rings. The zero-order valence-corrected chi connectivity index (χ0v) is 11.9. The molecule has 2 aromatic heterocycles. The van der Waals surface area contributed by atoms with Gasteiger partial charge in [0.05, 0.1) is 10.9 Å². The first-order chi connectivity index (χ1) is 9.65. The van der Waals surface area contributed by atoms with E-state index in [1.165, 1.54) is 17.5 Å². The molecular formula is C14H15N3O2S. The number of H-pyrrole nitrogens is 1. The van der Waals surface area contributed by atoms with Crippen molar-refractivity contribution in [1.29, 1.82) is 0 Å². The summed E-state index contributed by atoms with van der Waals surface area (Å²) in [6.45, 7) is 2.71. The molecule has 20 heavy (non-hydrogen) atoms. The van der Waals surface area contributed by atoms with Crippen LogP contribution in [0.3, 0.4) is 0 Å². The van der Waals surface area contributed by atoms with Gasteiger partial charge in [0.15, 0.2) is 0 Å². The second-order valence-corrected chi connectivity index (χ2v) is 5.89. The first kappa shape index (κ1) is 13.1. The largest absolute Gasteiger partial charge is 0.345 e. The number of aromatic amines is 1. The van der Waals surface area contributed by atoms with E-state index in [0.717, 1.165) is 35.5 Å². The van der Waals surface area contributed by atoms with Crippen molar-refractivity contribution in [3.63, 3.8) is 0 Å². The molecule has 1 saturated heterocycles. The van der Waals surface area contributed by atoms with E-state index in [1.54, 1.807) is 6.07 Å². The molecule has 0 spiro atoms. The van der Waals surface area contributed by atoms with Crippen LogP contribution in [0.4, 0.5) is 0 Å². The number of amides is 1. The van der Waals surface area contributed by atoms with Gasteiger partial charge in [-0.1, -0.05) is 0 Å². The number of nitrogens with zero attached hydrogens (tertiary/aromatic N) is 2. The standard InChI is InChI=1S/C14H15N3O2S/c1-9-7-12(20-8-9)13(18)17-6-2-3-11(17)10-4-5-15-14(19)16-10/h4-5,7-8,11H,2-3,6H2,1H3,(H,15,16,19). The number of carbonyl (C=O) groups is 1. The Balaban J connectivity index is 1.89. The highest BCUT2D eigenvalue weighted by Gasteiger charge is 2.31. The molecule has 0 aliphatic carbocycles. The Bertz CT molecular complexity index is 691. The molecule has 0 bridgehead atoms. The van der Waals surface area contributed by atoms with Gasteiger partial charge in [0.1, 0.15) is 0 Å². The van der Waals surface area contributed by atoms with Gasteiger partial charge in [0.2, 0.25) is 0 Å². The van der Waals surface area contributed by atoms with E-state index in [2.05, 4.69) is 9.97 Å². The van der Waals surface area contributed by atoms with Gasteiger partial charge < -0.3 is 9.88 Å². The van der Waals surface area contributed by atoms with Gasteiger partial charge in [0.25, 0.3) is 5.91 Å². The van der Waals surface area contributed by atoms with Gasteiger partial charge in [-0.3, -0.25) is 4.79 Å². The maximum Gasteiger partial charge on any atom is 0.345 e. The number of carbonyl (C=O) groups excluding carboxylic acids is 1. The molecule has 1 fully saturated rings. The quantitative estimate of drug-likeness (QED) is 0.921. The van der Waals surface area contributed by atoms with Crippen molar-refractivity contribution < 1.29 is 4.79 Å². The third-order valence-electron chi connectivity index (χ3n) is 3.51. The number of likely N-dealkylation sites (tertiary alicyclic amines) is 1. The number of nitrogens with one attached hydrogen (secondary N) is 1. The van der Waals surface area contributed by atoms with Crippen molar-refractivity contribution in [1.82, 2.24) is 14.9 Å². The van der Waals surface area contributed by atoms with Crippen molar-refractivity contribution >= 4 is 17.2 Å². The van der Waals surface area contributed by atoms with E-state index in [-0.39, 0.29) is 17.6 Å². The molecule has 0 saturated carbocycles. The van der Waals surface area contributed by atoms with E-state index in [4.69, 9.17) is 0 Å². The maximum absolute atomic E-state index is 12.6. The summed E-state index contributed by atoms with van der Waals surface area (Å²) in [7, 11) is 0. The summed E-state index contributed by atoms with van der Waals surface area (Å²) >= 11 is 1.47. The van der Waals surface area contributed by atoms with Crippen LogP contribution < -0.4 is 5.69 Å². The Hall–Kier alpha value is -1.95. The van der Waals surface area contributed by atoms with Gasteiger partial charge in [0, 0.05) is 18.4 Å². The molecule has 3 heterocycles. The van der Waals surface area contributed by atoms with Crippen LogP contribution in [0.2, 0.25) is 0 Å². The highest BCUT2D eigenvalue weighted by molar-refractivity contribution is 7.12. The zero-order valence-electron chi connectivity index (χ0n) is 11.1. The Kier molecular flexibility index (Phi) is 3.40.